The molecule has 2 aromatic rings. The largest absolute Gasteiger partial charge is 0.368 e. The van der Waals surface area contributed by atoms with Gasteiger partial charge in [0.05, 0.1) is 0 Å². The van der Waals surface area contributed by atoms with Gasteiger partial charge < -0.3 is 10.2 Å². The van der Waals surface area contributed by atoms with Gasteiger partial charge in [-0.15, -0.1) is 0 Å². The lowest BCUT2D eigenvalue weighted by molar-refractivity contribution is 0.101. The van der Waals surface area contributed by atoms with Gasteiger partial charge in [-0.3, -0.25) is 4.79 Å². The highest BCUT2D eigenvalue weighted by Gasteiger charge is 2.14. The van der Waals surface area contributed by atoms with Crippen LogP contribution in [0, 0.1) is 0 Å². The molecule has 0 unspecified atom stereocenters. The van der Waals surface area contributed by atoms with Crippen LogP contribution in [0.25, 0.3) is 10.8 Å². The molecule has 1 heterocycles. The van der Waals surface area contributed by atoms with Crippen LogP contribution in [0.3, 0.4) is 0 Å². The number of benzene rings is 2. The Hall–Kier alpha value is -1.87. The summed E-state index contributed by atoms with van der Waals surface area (Å²) in [5, 5.41) is 5.61. The second kappa shape index (κ2) is 5.02. The molecule has 0 amide bonds. The lowest BCUT2D eigenvalue weighted by atomic mass is 10.00. The summed E-state index contributed by atoms with van der Waals surface area (Å²) >= 11 is 0. The zero-order valence-electron chi connectivity index (χ0n) is 11.1. The Bertz CT molecular complexity index is 615. The predicted molar refractivity (Wildman–Crippen MR) is 79.0 cm³/mol. The van der Waals surface area contributed by atoms with E-state index in [4.69, 9.17) is 0 Å². The molecule has 3 heteroatoms. The number of carbonyl (C=O) groups is 1. The Morgan fingerprint density at radius 1 is 1.05 bits per heavy atom. The molecule has 1 aliphatic heterocycles. The first-order chi connectivity index (χ1) is 9.27. The van der Waals surface area contributed by atoms with Crippen LogP contribution in [0.1, 0.15) is 17.3 Å². The average Bonchev–Trinajstić information content (AvgIpc) is 2.46. The summed E-state index contributed by atoms with van der Waals surface area (Å²) < 4.78 is 0. The maximum atomic E-state index is 11.7. The number of carbonyl (C=O) groups excluding carboxylic acids is 1. The first-order valence-electron chi connectivity index (χ1n) is 6.76. The molecule has 0 aromatic heterocycles. The Kier molecular flexibility index (Phi) is 3.22. The molecule has 0 aliphatic carbocycles. The molecular formula is C16H18N2O. The second-order valence-corrected chi connectivity index (χ2v) is 4.97. The number of Topliss-reactive ketones (excluding diaryl/α,β-unsaturated/α-hetero) is 1. The van der Waals surface area contributed by atoms with Gasteiger partial charge in [0.15, 0.2) is 5.78 Å². The van der Waals surface area contributed by atoms with E-state index in [1.165, 1.54) is 11.1 Å². The molecule has 1 saturated heterocycles. The van der Waals surface area contributed by atoms with E-state index in [0.717, 1.165) is 37.1 Å². The van der Waals surface area contributed by atoms with Gasteiger partial charge in [-0.25, -0.2) is 0 Å². The van der Waals surface area contributed by atoms with E-state index >= 15 is 0 Å². The number of anilines is 1. The number of fused-ring (bicyclic) bond motifs is 1. The molecule has 2 aromatic carbocycles. The summed E-state index contributed by atoms with van der Waals surface area (Å²) in [6.45, 7) is 5.70. The molecule has 0 atom stereocenters. The van der Waals surface area contributed by atoms with Crippen LogP contribution in [0.4, 0.5) is 5.69 Å². The SMILES string of the molecule is CC(=O)c1cccc2c(N3CCNCC3)cccc12. The Labute approximate surface area is 113 Å². The highest BCUT2D eigenvalue weighted by atomic mass is 16.1. The van der Waals surface area contributed by atoms with E-state index in [1.54, 1.807) is 6.92 Å². The van der Waals surface area contributed by atoms with Crippen molar-refractivity contribution in [3.63, 3.8) is 0 Å². The molecule has 98 valence electrons. The fraction of sp³-hybridized carbons (Fsp3) is 0.312. The fourth-order valence-corrected chi connectivity index (χ4v) is 2.78. The van der Waals surface area contributed by atoms with Crippen LogP contribution < -0.4 is 10.2 Å². The Morgan fingerprint density at radius 2 is 1.74 bits per heavy atom. The van der Waals surface area contributed by atoms with Crippen LogP contribution in [0.15, 0.2) is 36.4 Å². The fourth-order valence-electron chi connectivity index (χ4n) is 2.78. The molecule has 19 heavy (non-hydrogen) atoms. The minimum absolute atomic E-state index is 0.128. The van der Waals surface area contributed by atoms with Crippen LogP contribution in [-0.2, 0) is 0 Å². The first-order valence-corrected chi connectivity index (χ1v) is 6.76. The van der Waals surface area contributed by atoms with Crippen molar-refractivity contribution in [2.24, 2.45) is 0 Å². The van der Waals surface area contributed by atoms with Crippen LogP contribution in [0.5, 0.6) is 0 Å². The standard InChI is InChI=1S/C16H18N2O/c1-12(19)13-4-2-6-15-14(13)5-3-7-16(15)18-10-8-17-9-11-18/h2-7,17H,8-11H2,1H3. The summed E-state index contributed by atoms with van der Waals surface area (Å²) in [5.41, 5.74) is 2.05. The smallest absolute Gasteiger partial charge is 0.160 e. The number of nitrogens with one attached hydrogen (secondary N) is 1. The molecule has 3 rings (SSSR count). The number of hydrogen-bond acceptors (Lipinski definition) is 3. The van der Waals surface area contributed by atoms with Gasteiger partial charge in [-0.05, 0) is 18.4 Å². The van der Waals surface area contributed by atoms with Crippen molar-refractivity contribution in [3.8, 4) is 0 Å². The van der Waals surface area contributed by atoms with E-state index in [0.29, 0.717) is 0 Å². The lowest BCUT2D eigenvalue weighted by Gasteiger charge is -2.30. The molecular weight excluding hydrogens is 236 g/mol. The summed E-state index contributed by atoms with van der Waals surface area (Å²) in [6, 6.07) is 12.2. The summed E-state index contributed by atoms with van der Waals surface area (Å²) in [4.78, 5) is 14.1. The molecule has 0 spiro atoms. The average molecular weight is 254 g/mol. The highest BCUT2D eigenvalue weighted by molar-refractivity contribution is 6.10. The summed E-state index contributed by atoms with van der Waals surface area (Å²) in [7, 11) is 0. The van der Waals surface area contributed by atoms with Gasteiger partial charge in [0.2, 0.25) is 0 Å². The van der Waals surface area contributed by atoms with E-state index in [-0.39, 0.29) is 5.78 Å². The van der Waals surface area contributed by atoms with E-state index < -0.39 is 0 Å². The van der Waals surface area contributed by atoms with Gasteiger partial charge in [0, 0.05) is 42.8 Å². The summed E-state index contributed by atoms with van der Waals surface area (Å²) in [5.74, 6) is 0.128. The number of hydrogen-bond donors (Lipinski definition) is 1. The third kappa shape index (κ3) is 2.22. The quantitative estimate of drug-likeness (QED) is 0.836. The van der Waals surface area contributed by atoms with Crippen molar-refractivity contribution in [1.29, 1.82) is 0 Å². The third-order valence-electron chi connectivity index (χ3n) is 3.74. The predicted octanol–water partition coefficient (Wildman–Crippen LogP) is 2.45. The maximum absolute atomic E-state index is 11.7. The van der Waals surface area contributed by atoms with E-state index in [2.05, 4.69) is 22.3 Å². The van der Waals surface area contributed by atoms with Crippen LogP contribution >= 0.6 is 0 Å². The number of piperazine rings is 1. The monoisotopic (exact) mass is 254 g/mol. The van der Waals surface area contributed by atoms with Crippen molar-refractivity contribution in [1.82, 2.24) is 5.32 Å². The van der Waals surface area contributed by atoms with Crippen LogP contribution in [0.2, 0.25) is 0 Å². The normalized spacial score (nSPS) is 15.7. The van der Waals surface area contributed by atoms with Gasteiger partial charge >= 0.3 is 0 Å². The zero-order chi connectivity index (χ0) is 13.2. The maximum Gasteiger partial charge on any atom is 0.160 e. The molecule has 0 bridgehead atoms. The minimum Gasteiger partial charge on any atom is -0.368 e. The van der Waals surface area contributed by atoms with E-state index in [9.17, 15) is 4.79 Å². The number of rotatable bonds is 2. The highest BCUT2D eigenvalue weighted by Crippen LogP contribution is 2.29. The minimum atomic E-state index is 0.128. The van der Waals surface area contributed by atoms with E-state index in [1.807, 2.05) is 24.3 Å². The molecule has 1 aliphatic rings. The van der Waals surface area contributed by atoms with Crippen molar-refractivity contribution >= 4 is 22.2 Å². The lowest BCUT2D eigenvalue weighted by Crippen LogP contribution is -2.43. The van der Waals surface area contributed by atoms with Crippen LogP contribution in [-0.4, -0.2) is 32.0 Å². The van der Waals surface area contributed by atoms with Gasteiger partial charge in [-0.1, -0.05) is 30.3 Å². The summed E-state index contributed by atoms with van der Waals surface area (Å²) in [6.07, 6.45) is 0. The van der Waals surface area contributed by atoms with Crippen molar-refractivity contribution in [2.75, 3.05) is 31.1 Å². The van der Waals surface area contributed by atoms with Crippen molar-refractivity contribution < 1.29 is 4.79 Å². The molecule has 0 saturated carbocycles. The molecule has 1 fully saturated rings. The van der Waals surface area contributed by atoms with Crippen molar-refractivity contribution in [3.05, 3.63) is 42.0 Å². The van der Waals surface area contributed by atoms with Gasteiger partial charge in [-0.2, -0.15) is 0 Å². The molecule has 0 radical (unpaired) electrons. The Morgan fingerprint density at radius 3 is 2.47 bits per heavy atom. The number of nitrogens with zero attached hydrogens (tertiary/aromatic N) is 1. The Balaban J connectivity index is 2.15. The van der Waals surface area contributed by atoms with Gasteiger partial charge in [0.25, 0.3) is 0 Å². The van der Waals surface area contributed by atoms with Crippen molar-refractivity contribution in [2.45, 2.75) is 6.92 Å². The zero-order valence-corrected chi connectivity index (χ0v) is 11.1. The second-order valence-electron chi connectivity index (χ2n) is 4.97. The van der Waals surface area contributed by atoms with Gasteiger partial charge in [0.1, 0.15) is 0 Å². The first kappa shape index (κ1) is 12.2. The third-order valence-corrected chi connectivity index (χ3v) is 3.74. The molecule has 1 N–H and O–H groups in total. The number of ketones is 1. The topological polar surface area (TPSA) is 32.3 Å². The molecule has 3 nitrogen and oxygen atoms in total.